The van der Waals surface area contributed by atoms with Gasteiger partial charge in [0, 0.05) is 11.1 Å². The largest absolute Gasteiger partial charge is 0.708 e. The highest BCUT2D eigenvalue weighted by molar-refractivity contribution is 6.07. The minimum absolute atomic E-state index is 0.0182. The van der Waals surface area contributed by atoms with Crippen molar-refractivity contribution in [3.63, 3.8) is 0 Å². The van der Waals surface area contributed by atoms with Crippen LogP contribution in [0.1, 0.15) is 32.4 Å². The molecule has 0 atom stereocenters. The molecule has 0 unspecified atom stereocenters. The average molecular weight is 326 g/mol. The van der Waals surface area contributed by atoms with E-state index >= 15 is 0 Å². The molecule has 0 radical (unpaired) electrons. The van der Waals surface area contributed by atoms with Gasteiger partial charge >= 0.3 is 11.7 Å². The van der Waals surface area contributed by atoms with Crippen molar-refractivity contribution >= 4 is 11.6 Å². The number of carbonyl (C=O) groups excluding carboxylic acids is 2. The Kier molecular flexibility index (Phi) is 3.70. The van der Waals surface area contributed by atoms with E-state index < -0.39 is 23.3 Å². The number of benzene rings is 2. The molecular formula is C16H10N2O6. The molecule has 0 aliphatic heterocycles. The highest BCUT2D eigenvalue weighted by atomic mass is 16.6. The van der Waals surface area contributed by atoms with E-state index in [-0.39, 0.29) is 27.4 Å². The summed E-state index contributed by atoms with van der Waals surface area (Å²) in [4.78, 5) is 24.4. The van der Waals surface area contributed by atoms with Gasteiger partial charge in [0.2, 0.25) is 0 Å². The van der Waals surface area contributed by atoms with Gasteiger partial charge < -0.3 is 15.4 Å². The second kappa shape index (κ2) is 5.84. The van der Waals surface area contributed by atoms with Crippen LogP contribution in [0.3, 0.4) is 0 Å². The predicted molar refractivity (Wildman–Crippen MR) is 78.5 cm³/mol. The number of aromatic nitrogens is 2. The van der Waals surface area contributed by atoms with E-state index in [1.807, 2.05) is 0 Å². The summed E-state index contributed by atoms with van der Waals surface area (Å²) in [7, 11) is 0. The van der Waals surface area contributed by atoms with Gasteiger partial charge in [-0.1, -0.05) is 0 Å². The molecule has 1 aromatic heterocycles. The predicted octanol–water partition coefficient (Wildman–Crippen LogP) is 1.18. The summed E-state index contributed by atoms with van der Waals surface area (Å²) >= 11 is 0. The fourth-order valence-corrected chi connectivity index (χ4v) is 2.00. The summed E-state index contributed by atoms with van der Waals surface area (Å²) in [5, 5.41) is 33.9. The summed E-state index contributed by atoms with van der Waals surface area (Å²) < 4.78 is 4.74. The van der Waals surface area contributed by atoms with Crippen molar-refractivity contribution in [3.05, 3.63) is 76.6 Å². The zero-order valence-electron chi connectivity index (χ0n) is 12.0. The van der Waals surface area contributed by atoms with Crippen LogP contribution in [0, 0.1) is 5.21 Å². The molecule has 2 aromatic carbocycles. The average Bonchev–Trinajstić information content (AvgIpc) is 2.96. The van der Waals surface area contributed by atoms with Gasteiger partial charge in [0.15, 0.2) is 5.16 Å². The number of ketones is 2. The summed E-state index contributed by atoms with van der Waals surface area (Å²) in [6.45, 7) is 0. The first-order valence-electron chi connectivity index (χ1n) is 6.74. The zero-order chi connectivity index (χ0) is 17.3. The van der Waals surface area contributed by atoms with Crippen LogP contribution in [0.25, 0.3) is 0 Å². The fraction of sp³-hybridized carbons (Fsp3) is 0. The Balaban J connectivity index is 1.93. The number of nitrogens with zero attached hydrogens (tertiary/aromatic N) is 2. The van der Waals surface area contributed by atoms with Gasteiger partial charge in [-0.3, -0.25) is 9.59 Å². The number of carbonyl (C=O) groups is 2. The topological polar surface area (TPSA) is 128 Å². The van der Waals surface area contributed by atoms with Gasteiger partial charge in [0.25, 0.3) is 11.6 Å². The lowest BCUT2D eigenvalue weighted by molar-refractivity contribution is -0.613. The smallest absolute Gasteiger partial charge is 0.424 e. The molecule has 120 valence electrons. The zero-order valence-corrected chi connectivity index (χ0v) is 12.0. The maximum atomic E-state index is 12.2. The molecule has 0 amide bonds. The number of phenols is 2. The third-order valence-corrected chi connectivity index (χ3v) is 3.25. The normalized spacial score (nSPS) is 10.5. The molecule has 8 heteroatoms. The molecule has 0 aliphatic rings. The van der Waals surface area contributed by atoms with Crippen LogP contribution in [0.5, 0.6) is 11.5 Å². The summed E-state index contributed by atoms with van der Waals surface area (Å²) in [5.74, 6) is -2.86. The van der Waals surface area contributed by atoms with Crippen molar-refractivity contribution in [2.45, 2.75) is 0 Å². The van der Waals surface area contributed by atoms with Gasteiger partial charge in [-0.25, -0.2) is 4.52 Å². The van der Waals surface area contributed by atoms with Crippen molar-refractivity contribution in [3.8, 4) is 11.5 Å². The number of aromatic hydroxyl groups is 2. The minimum atomic E-state index is -0.776. The van der Waals surface area contributed by atoms with E-state index in [0.29, 0.717) is 0 Å². The van der Waals surface area contributed by atoms with Crippen molar-refractivity contribution in [1.29, 1.82) is 0 Å². The van der Waals surface area contributed by atoms with Crippen molar-refractivity contribution in [1.82, 2.24) is 5.16 Å². The highest BCUT2D eigenvalue weighted by Crippen LogP contribution is 2.15. The fourth-order valence-electron chi connectivity index (χ4n) is 2.00. The van der Waals surface area contributed by atoms with Gasteiger partial charge in [-0.2, -0.15) is 4.73 Å². The molecule has 3 rings (SSSR count). The highest BCUT2D eigenvalue weighted by Gasteiger charge is 2.32. The SMILES string of the molecule is O=C(c1ccc(O)cc1)c1noc(C(=O)c2ccc(O)cc2)[n+]1[O-]. The Morgan fingerprint density at radius 1 is 0.875 bits per heavy atom. The minimum Gasteiger partial charge on any atom is -0.708 e. The van der Waals surface area contributed by atoms with Gasteiger partial charge in [-0.15, -0.1) is 0 Å². The first kappa shape index (κ1) is 15.2. The second-order valence-corrected chi connectivity index (χ2v) is 4.86. The monoisotopic (exact) mass is 326 g/mol. The lowest BCUT2D eigenvalue weighted by Gasteiger charge is -2.02. The van der Waals surface area contributed by atoms with E-state index in [1.165, 1.54) is 48.5 Å². The third-order valence-electron chi connectivity index (χ3n) is 3.25. The van der Waals surface area contributed by atoms with Crippen molar-refractivity contribution < 1.29 is 29.1 Å². The maximum Gasteiger partial charge on any atom is 0.424 e. The second-order valence-electron chi connectivity index (χ2n) is 4.86. The Hall–Kier alpha value is -3.68. The van der Waals surface area contributed by atoms with Crippen molar-refractivity contribution in [2.75, 3.05) is 0 Å². The summed E-state index contributed by atoms with van der Waals surface area (Å²) in [6.07, 6.45) is 0. The molecular weight excluding hydrogens is 316 g/mol. The van der Waals surface area contributed by atoms with Crippen LogP contribution in [0.2, 0.25) is 0 Å². The molecule has 24 heavy (non-hydrogen) atoms. The van der Waals surface area contributed by atoms with Crippen LogP contribution in [0.15, 0.2) is 53.1 Å². The number of rotatable bonds is 4. The standard InChI is InChI=1S/C16H10N2O6/c19-11-5-1-9(2-6-11)13(21)15-17-24-16(18(15)23)14(22)10-3-7-12(20)8-4-10/h1-8,19-20H. The quantitative estimate of drug-likeness (QED) is 0.418. The Bertz CT molecular complexity index is 838. The number of hydrogen-bond acceptors (Lipinski definition) is 7. The van der Waals surface area contributed by atoms with Crippen LogP contribution < -0.4 is 4.73 Å². The van der Waals surface area contributed by atoms with Crippen LogP contribution in [-0.4, -0.2) is 26.9 Å². The van der Waals surface area contributed by atoms with Crippen LogP contribution in [-0.2, 0) is 0 Å². The van der Waals surface area contributed by atoms with E-state index in [4.69, 9.17) is 4.52 Å². The van der Waals surface area contributed by atoms with E-state index in [1.54, 1.807) is 0 Å². The molecule has 8 nitrogen and oxygen atoms in total. The molecule has 0 saturated heterocycles. The van der Waals surface area contributed by atoms with E-state index in [9.17, 15) is 25.0 Å². The Morgan fingerprint density at radius 3 is 1.83 bits per heavy atom. The molecule has 0 aliphatic carbocycles. The molecule has 3 aromatic rings. The maximum absolute atomic E-state index is 12.2. The molecule has 0 saturated carbocycles. The molecule has 0 spiro atoms. The molecule has 1 heterocycles. The van der Waals surface area contributed by atoms with E-state index in [2.05, 4.69) is 5.16 Å². The molecule has 0 fully saturated rings. The van der Waals surface area contributed by atoms with E-state index in [0.717, 1.165) is 0 Å². The first-order valence-corrected chi connectivity index (χ1v) is 6.74. The number of phenolic OH excluding ortho intramolecular Hbond substituents is 2. The van der Waals surface area contributed by atoms with Gasteiger partial charge in [0.05, 0.1) is 0 Å². The van der Waals surface area contributed by atoms with Crippen molar-refractivity contribution in [2.24, 2.45) is 0 Å². The number of hydrogen-bond donors (Lipinski definition) is 2. The van der Waals surface area contributed by atoms with Gasteiger partial charge in [0.1, 0.15) is 11.5 Å². The van der Waals surface area contributed by atoms with Crippen LogP contribution in [0.4, 0.5) is 0 Å². The lowest BCUT2D eigenvalue weighted by Crippen LogP contribution is -2.38. The van der Waals surface area contributed by atoms with Gasteiger partial charge in [-0.05, 0) is 48.5 Å². The Labute approximate surface area is 134 Å². The Morgan fingerprint density at radius 2 is 1.33 bits per heavy atom. The lowest BCUT2D eigenvalue weighted by atomic mass is 10.1. The molecule has 0 bridgehead atoms. The first-order chi connectivity index (χ1) is 11.5. The summed E-state index contributed by atoms with van der Waals surface area (Å²) in [5.41, 5.74) is 0.200. The summed E-state index contributed by atoms with van der Waals surface area (Å²) in [6, 6.07) is 10.4. The third kappa shape index (κ3) is 2.68. The van der Waals surface area contributed by atoms with Crippen LogP contribution >= 0.6 is 0 Å². The molecule has 2 N–H and O–H groups in total.